The third-order valence-corrected chi connectivity index (χ3v) is 5.35. The Bertz CT molecular complexity index is 1470. The number of hydrogen-bond donors (Lipinski definition) is 0. The lowest BCUT2D eigenvalue weighted by Crippen LogP contribution is -2.29. The Labute approximate surface area is 204 Å². The van der Waals surface area contributed by atoms with Crippen LogP contribution < -0.4 is 23.7 Å². The summed E-state index contributed by atoms with van der Waals surface area (Å²) in [7, 11) is 0. The van der Waals surface area contributed by atoms with Crippen molar-refractivity contribution in [2.45, 2.75) is 13.0 Å². The molecule has 1 unspecified atom stereocenters. The highest BCUT2D eigenvalue weighted by Gasteiger charge is 2.31. The van der Waals surface area contributed by atoms with Gasteiger partial charge in [-0.25, -0.2) is 18.0 Å². The Morgan fingerprint density at radius 2 is 1.57 bits per heavy atom. The number of allylic oxidation sites excluding steroid dienone is 1. The van der Waals surface area contributed by atoms with Crippen LogP contribution in [0.2, 0.25) is 0 Å². The Balaban J connectivity index is 1.30. The molecule has 0 radical (unpaired) electrons. The summed E-state index contributed by atoms with van der Waals surface area (Å²) in [5.74, 6) is -13.6. The summed E-state index contributed by atoms with van der Waals surface area (Å²) in [6, 6.07) is 8.83. The van der Waals surface area contributed by atoms with Gasteiger partial charge in [0.25, 0.3) is 0 Å². The van der Waals surface area contributed by atoms with Crippen molar-refractivity contribution in [2.24, 2.45) is 0 Å². The number of benzene rings is 3. The maximum Gasteiger partial charge on any atom is 0.352 e. The average molecular weight is 520 g/mol. The van der Waals surface area contributed by atoms with Gasteiger partial charge in [-0.05, 0) is 42.8 Å². The van der Waals surface area contributed by atoms with E-state index in [-0.39, 0.29) is 29.6 Å². The molecule has 3 aromatic carbocycles. The number of rotatable bonds is 5. The van der Waals surface area contributed by atoms with E-state index in [9.17, 15) is 31.5 Å². The second-order valence-electron chi connectivity index (χ2n) is 7.79. The molecule has 37 heavy (non-hydrogen) atoms. The fourth-order valence-corrected chi connectivity index (χ4v) is 3.50. The second kappa shape index (κ2) is 9.12. The van der Waals surface area contributed by atoms with Crippen LogP contribution in [0.3, 0.4) is 0 Å². The van der Waals surface area contributed by atoms with Crippen molar-refractivity contribution in [3.8, 4) is 28.7 Å². The first-order valence-electron chi connectivity index (χ1n) is 10.5. The van der Waals surface area contributed by atoms with Gasteiger partial charge in [0, 0.05) is 6.07 Å². The topological polar surface area (TPSA) is 80.3 Å². The quantitative estimate of drug-likeness (QED) is 0.116. The molecular weight excluding hydrogens is 507 g/mol. The van der Waals surface area contributed by atoms with Crippen LogP contribution >= 0.6 is 0 Å². The molecule has 2 aliphatic rings. The smallest absolute Gasteiger partial charge is 0.352 e. The van der Waals surface area contributed by atoms with E-state index < -0.39 is 52.7 Å². The van der Waals surface area contributed by atoms with Gasteiger partial charge in [0.1, 0.15) is 11.5 Å². The van der Waals surface area contributed by atoms with Crippen LogP contribution in [0.15, 0.2) is 42.2 Å². The molecule has 0 saturated carbocycles. The summed E-state index contributed by atoms with van der Waals surface area (Å²) < 4.78 is 93.5. The Hall–Kier alpha value is -4.61. The van der Waals surface area contributed by atoms with Crippen molar-refractivity contribution >= 4 is 17.8 Å². The van der Waals surface area contributed by atoms with Gasteiger partial charge >= 0.3 is 5.97 Å². The molecule has 2 aliphatic heterocycles. The molecular formula is C25H13F5O7. The molecule has 0 spiro atoms. The zero-order valence-electron chi connectivity index (χ0n) is 18.6. The summed E-state index contributed by atoms with van der Waals surface area (Å²) in [5.41, 5.74) is 0.781. The normalized spacial score (nSPS) is 15.4. The van der Waals surface area contributed by atoms with E-state index >= 15 is 0 Å². The first-order chi connectivity index (χ1) is 17.6. The first kappa shape index (κ1) is 24.1. The minimum Gasteiger partial charge on any atom is -0.473 e. The molecule has 5 rings (SSSR count). The summed E-state index contributed by atoms with van der Waals surface area (Å²) in [6.45, 7) is 1.07. The van der Waals surface area contributed by atoms with Crippen LogP contribution in [0.4, 0.5) is 22.0 Å². The van der Waals surface area contributed by atoms with E-state index in [2.05, 4.69) is 4.74 Å². The zero-order valence-corrected chi connectivity index (χ0v) is 18.6. The molecule has 1 atom stereocenters. The fourth-order valence-electron chi connectivity index (χ4n) is 3.50. The molecule has 0 fully saturated rings. The molecule has 7 nitrogen and oxygen atoms in total. The molecule has 3 aromatic rings. The number of ether oxygens (including phenoxy) is 5. The van der Waals surface area contributed by atoms with Gasteiger partial charge in [0.2, 0.25) is 41.7 Å². The van der Waals surface area contributed by atoms with Crippen molar-refractivity contribution in [3.05, 3.63) is 82.4 Å². The number of carbonyl (C=O) groups is 2. The number of esters is 1. The minimum atomic E-state index is -2.36. The number of ketones is 1. The SMILES string of the molecule is CC(Oc1c(F)c(F)c(F)c(F)c1F)C(=O)Oc1ccc2c(c1)O/C(=C\c1ccc3c(c1)OCO3)C2=O. The molecule has 0 N–H and O–H groups in total. The summed E-state index contributed by atoms with van der Waals surface area (Å²) >= 11 is 0. The lowest BCUT2D eigenvalue weighted by atomic mass is 10.1. The van der Waals surface area contributed by atoms with Gasteiger partial charge < -0.3 is 23.7 Å². The minimum absolute atomic E-state index is 0.0136. The molecule has 0 aliphatic carbocycles. The van der Waals surface area contributed by atoms with Crippen molar-refractivity contribution < 1.29 is 55.2 Å². The third-order valence-electron chi connectivity index (χ3n) is 5.35. The van der Waals surface area contributed by atoms with Gasteiger partial charge in [-0.2, -0.15) is 8.78 Å². The largest absolute Gasteiger partial charge is 0.473 e. The van der Waals surface area contributed by atoms with Crippen LogP contribution in [0.1, 0.15) is 22.8 Å². The highest BCUT2D eigenvalue weighted by molar-refractivity contribution is 6.14. The molecule has 0 amide bonds. The molecule has 0 aromatic heterocycles. The van der Waals surface area contributed by atoms with Crippen LogP contribution in [-0.4, -0.2) is 24.6 Å². The predicted molar refractivity (Wildman–Crippen MR) is 114 cm³/mol. The van der Waals surface area contributed by atoms with Gasteiger partial charge in [0.05, 0.1) is 5.56 Å². The summed E-state index contributed by atoms with van der Waals surface area (Å²) in [4.78, 5) is 25.0. The zero-order chi connectivity index (χ0) is 26.4. The Kier molecular flexibility index (Phi) is 5.94. The highest BCUT2D eigenvalue weighted by Crippen LogP contribution is 2.37. The van der Waals surface area contributed by atoms with Crippen molar-refractivity contribution in [1.82, 2.24) is 0 Å². The molecule has 0 saturated heterocycles. The summed E-state index contributed by atoms with van der Waals surface area (Å²) in [5, 5.41) is 0. The van der Waals surface area contributed by atoms with Crippen molar-refractivity contribution in [3.63, 3.8) is 0 Å². The first-order valence-corrected chi connectivity index (χ1v) is 10.5. The Morgan fingerprint density at radius 1 is 0.892 bits per heavy atom. The van der Waals surface area contributed by atoms with Gasteiger partial charge in [-0.15, -0.1) is 0 Å². The van der Waals surface area contributed by atoms with Crippen LogP contribution in [-0.2, 0) is 4.79 Å². The third kappa shape index (κ3) is 4.30. The van der Waals surface area contributed by atoms with E-state index in [4.69, 9.17) is 18.9 Å². The molecule has 12 heteroatoms. The maximum atomic E-state index is 13.8. The van der Waals surface area contributed by atoms with Gasteiger partial charge in [-0.3, -0.25) is 4.79 Å². The van der Waals surface area contributed by atoms with E-state index in [1.165, 1.54) is 24.3 Å². The number of hydrogen-bond acceptors (Lipinski definition) is 7. The Morgan fingerprint density at radius 3 is 2.30 bits per heavy atom. The van der Waals surface area contributed by atoms with Crippen LogP contribution in [0, 0.1) is 29.1 Å². The molecule has 190 valence electrons. The number of halogens is 5. The summed E-state index contributed by atoms with van der Waals surface area (Å²) in [6.07, 6.45) is -0.291. The lowest BCUT2D eigenvalue weighted by molar-refractivity contribution is -0.141. The number of fused-ring (bicyclic) bond motifs is 2. The number of carbonyl (C=O) groups excluding carboxylic acids is 2. The number of Topliss-reactive ketones (excluding diaryl/α,β-unsaturated/α-hetero) is 1. The van der Waals surface area contributed by atoms with E-state index in [1.54, 1.807) is 18.2 Å². The highest BCUT2D eigenvalue weighted by atomic mass is 19.2. The monoisotopic (exact) mass is 520 g/mol. The van der Waals surface area contributed by atoms with E-state index in [0.717, 1.165) is 6.92 Å². The van der Waals surface area contributed by atoms with Gasteiger partial charge in [-0.1, -0.05) is 6.07 Å². The second-order valence-corrected chi connectivity index (χ2v) is 7.79. The standard InChI is InChI=1S/C25H13F5O7/c1-10(35-24-21(29)19(27)18(26)20(28)22(24)30)25(32)36-12-3-4-13-15(8-12)37-17(23(13)31)7-11-2-5-14-16(6-11)34-9-33-14/h2-8,10H,9H2,1H3/b17-7-. The van der Waals surface area contributed by atoms with Crippen molar-refractivity contribution in [2.75, 3.05) is 6.79 Å². The van der Waals surface area contributed by atoms with Crippen LogP contribution in [0.25, 0.3) is 6.08 Å². The van der Waals surface area contributed by atoms with E-state index in [0.29, 0.717) is 17.1 Å². The van der Waals surface area contributed by atoms with E-state index in [1.807, 2.05) is 0 Å². The van der Waals surface area contributed by atoms with Crippen LogP contribution in [0.5, 0.6) is 28.7 Å². The lowest BCUT2D eigenvalue weighted by Gasteiger charge is -2.15. The van der Waals surface area contributed by atoms with Gasteiger partial charge in [0.15, 0.2) is 29.1 Å². The fraction of sp³-hybridized carbons (Fsp3) is 0.120. The van der Waals surface area contributed by atoms with Crippen molar-refractivity contribution in [1.29, 1.82) is 0 Å². The predicted octanol–water partition coefficient (Wildman–Crippen LogP) is 5.10. The average Bonchev–Trinajstić information content (AvgIpc) is 3.47. The molecule has 2 heterocycles. The maximum absolute atomic E-state index is 13.8. The molecule has 0 bridgehead atoms.